The molecule has 0 saturated heterocycles. The first-order valence-electron chi connectivity index (χ1n) is 10.5. The van der Waals surface area contributed by atoms with E-state index in [9.17, 15) is 4.79 Å². The summed E-state index contributed by atoms with van der Waals surface area (Å²) in [5.74, 6) is 0. The number of halogens is 2. The third-order valence-electron chi connectivity index (χ3n) is 6.08. The topological polar surface area (TPSA) is 91.6 Å². The van der Waals surface area contributed by atoms with Crippen molar-refractivity contribution < 1.29 is 0 Å². The molecule has 3 heterocycles. The van der Waals surface area contributed by atoms with Gasteiger partial charge in [-0.3, -0.25) is 9.36 Å². The van der Waals surface area contributed by atoms with Crippen LogP contribution in [0.5, 0.6) is 0 Å². The summed E-state index contributed by atoms with van der Waals surface area (Å²) in [7, 11) is 3.48. The van der Waals surface area contributed by atoms with E-state index in [0.29, 0.717) is 26.9 Å². The summed E-state index contributed by atoms with van der Waals surface area (Å²) in [5, 5.41) is 10.1. The van der Waals surface area contributed by atoms with Gasteiger partial charge >= 0.3 is 0 Å². The average molecular weight is 491 g/mol. The highest BCUT2D eigenvalue weighted by atomic mass is 35.5. The number of nitrogens with zero attached hydrogens (tertiary/aromatic N) is 5. The lowest BCUT2D eigenvalue weighted by Gasteiger charge is -2.30. The van der Waals surface area contributed by atoms with Gasteiger partial charge in [0.05, 0.1) is 11.9 Å². The second-order valence-electron chi connectivity index (χ2n) is 8.12. The summed E-state index contributed by atoms with van der Waals surface area (Å²) >= 11 is 12.4. The molecule has 0 radical (unpaired) electrons. The Morgan fingerprint density at radius 1 is 0.912 bits per heavy atom. The highest BCUT2D eigenvalue weighted by molar-refractivity contribution is 6.31. The molecule has 1 atom stereocenters. The minimum atomic E-state index is -1.13. The van der Waals surface area contributed by atoms with Gasteiger partial charge in [-0.1, -0.05) is 52.7 Å². The Labute approximate surface area is 205 Å². The van der Waals surface area contributed by atoms with E-state index in [1.54, 1.807) is 55.4 Å². The Hall–Kier alpha value is -3.52. The Kier molecular flexibility index (Phi) is 5.48. The van der Waals surface area contributed by atoms with Crippen LogP contribution in [0.15, 0.2) is 77.9 Å². The maximum atomic E-state index is 12.7. The number of fused-ring (bicyclic) bond motifs is 1. The molecule has 0 fully saturated rings. The molecule has 9 heteroatoms. The van der Waals surface area contributed by atoms with Gasteiger partial charge in [-0.05, 0) is 47.0 Å². The first kappa shape index (κ1) is 22.3. The van der Waals surface area contributed by atoms with Crippen LogP contribution in [0.25, 0.3) is 22.2 Å². The van der Waals surface area contributed by atoms with Gasteiger partial charge in [-0.15, -0.1) is 5.10 Å². The molecule has 0 bridgehead atoms. The summed E-state index contributed by atoms with van der Waals surface area (Å²) in [6.07, 6.45) is 3.32. The van der Waals surface area contributed by atoms with Crippen molar-refractivity contribution in [3.8, 4) is 11.1 Å². The first-order valence-corrected chi connectivity index (χ1v) is 11.2. The van der Waals surface area contributed by atoms with Crippen LogP contribution in [0.3, 0.4) is 0 Å². The molecule has 5 aromatic rings. The van der Waals surface area contributed by atoms with Crippen molar-refractivity contribution in [2.75, 3.05) is 0 Å². The summed E-state index contributed by atoms with van der Waals surface area (Å²) in [4.78, 5) is 17.4. The van der Waals surface area contributed by atoms with Crippen molar-refractivity contribution in [3.05, 3.63) is 110 Å². The smallest absolute Gasteiger partial charge is 0.252 e. The number of hydrogen-bond acceptors (Lipinski definition) is 5. The fraction of sp³-hybridized carbons (Fsp3) is 0.120. The van der Waals surface area contributed by atoms with E-state index < -0.39 is 5.54 Å². The first-order chi connectivity index (χ1) is 16.3. The number of pyridine rings is 2. The largest absolute Gasteiger partial charge is 0.313 e. The monoisotopic (exact) mass is 490 g/mol. The van der Waals surface area contributed by atoms with E-state index >= 15 is 0 Å². The zero-order valence-electron chi connectivity index (χ0n) is 18.4. The van der Waals surface area contributed by atoms with Gasteiger partial charge in [-0.25, -0.2) is 9.67 Å². The number of hydrogen-bond donors (Lipinski definition) is 1. The van der Waals surface area contributed by atoms with Gasteiger partial charge in [-0.2, -0.15) is 0 Å². The number of rotatable bonds is 4. The Balaban J connectivity index is 1.84. The van der Waals surface area contributed by atoms with Crippen LogP contribution in [0.1, 0.15) is 16.8 Å². The lowest BCUT2D eigenvalue weighted by Crippen LogP contribution is -2.41. The van der Waals surface area contributed by atoms with Crippen LogP contribution in [-0.2, 0) is 19.6 Å². The molecule has 3 aromatic heterocycles. The van der Waals surface area contributed by atoms with Crippen molar-refractivity contribution in [2.24, 2.45) is 19.8 Å². The molecule has 0 amide bonds. The summed E-state index contributed by atoms with van der Waals surface area (Å²) in [6, 6.07) is 18.2. The summed E-state index contributed by atoms with van der Waals surface area (Å²) in [6.45, 7) is 0. The molecule has 5 rings (SSSR count). The van der Waals surface area contributed by atoms with Gasteiger partial charge in [0, 0.05) is 47.4 Å². The predicted molar refractivity (Wildman–Crippen MR) is 134 cm³/mol. The normalized spacial score (nSPS) is 13.2. The second kappa shape index (κ2) is 8.36. The Bertz CT molecular complexity index is 1590. The molecule has 0 saturated carbocycles. The molecule has 0 aliphatic rings. The van der Waals surface area contributed by atoms with Gasteiger partial charge < -0.3 is 5.73 Å². The van der Waals surface area contributed by atoms with E-state index in [1.165, 1.54) is 4.57 Å². The Morgan fingerprint density at radius 3 is 2.35 bits per heavy atom. The number of nitrogens with two attached hydrogens (primary N) is 1. The minimum absolute atomic E-state index is 0.171. The molecule has 2 aromatic carbocycles. The quantitative estimate of drug-likeness (QED) is 0.405. The highest BCUT2D eigenvalue weighted by Crippen LogP contribution is 2.37. The van der Waals surface area contributed by atoms with Crippen LogP contribution in [-0.4, -0.2) is 24.5 Å². The Morgan fingerprint density at radius 2 is 1.68 bits per heavy atom. The maximum Gasteiger partial charge on any atom is 0.252 e. The van der Waals surface area contributed by atoms with Crippen LogP contribution in [0.4, 0.5) is 0 Å². The predicted octanol–water partition coefficient (Wildman–Crippen LogP) is 4.29. The third kappa shape index (κ3) is 3.58. The van der Waals surface area contributed by atoms with E-state index in [1.807, 2.05) is 36.4 Å². The summed E-state index contributed by atoms with van der Waals surface area (Å²) < 4.78 is 3.15. The fourth-order valence-electron chi connectivity index (χ4n) is 4.26. The summed E-state index contributed by atoms with van der Waals surface area (Å²) in [5.41, 5.74) is 10.1. The highest BCUT2D eigenvalue weighted by Gasteiger charge is 2.36. The van der Waals surface area contributed by atoms with Crippen molar-refractivity contribution in [2.45, 2.75) is 5.54 Å². The lowest BCUT2D eigenvalue weighted by atomic mass is 9.81. The molecule has 0 spiro atoms. The zero-order chi connectivity index (χ0) is 24.0. The molecule has 34 heavy (non-hydrogen) atoms. The lowest BCUT2D eigenvalue weighted by molar-refractivity contribution is 0.562. The maximum absolute atomic E-state index is 12.7. The standard InChI is InChI=1S/C25H20Cl2N6O/c1-32-23(34)12-20(15-4-3-5-19(27)10-15)21-11-17(13-29-24(21)32)25(28,22-14-30-31-33(22)2)16-6-8-18(26)9-7-16/h3-14H,28H2,1-2H3. The fourth-order valence-corrected chi connectivity index (χ4v) is 4.57. The molecular formula is C25H20Cl2N6O. The third-order valence-corrected chi connectivity index (χ3v) is 6.57. The molecule has 0 aliphatic heterocycles. The average Bonchev–Trinajstić information content (AvgIpc) is 3.27. The number of aryl methyl sites for hydroxylation is 2. The van der Waals surface area contributed by atoms with E-state index in [-0.39, 0.29) is 5.56 Å². The van der Waals surface area contributed by atoms with Crippen molar-refractivity contribution in [3.63, 3.8) is 0 Å². The molecule has 0 aliphatic carbocycles. The second-order valence-corrected chi connectivity index (χ2v) is 8.99. The van der Waals surface area contributed by atoms with Gasteiger partial charge in [0.2, 0.25) is 0 Å². The molecule has 7 nitrogen and oxygen atoms in total. The SMILES string of the molecule is Cn1nncc1C(N)(c1ccc(Cl)cc1)c1cnc2c(c1)c(-c1cccc(Cl)c1)cc(=O)n2C. The molecular weight excluding hydrogens is 471 g/mol. The van der Waals surface area contributed by atoms with Crippen LogP contribution >= 0.6 is 23.2 Å². The number of aromatic nitrogens is 5. The zero-order valence-corrected chi connectivity index (χ0v) is 19.9. The molecule has 2 N–H and O–H groups in total. The van der Waals surface area contributed by atoms with Crippen molar-refractivity contribution in [1.29, 1.82) is 0 Å². The minimum Gasteiger partial charge on any atom is -0.313 e. The van der Waals surface area contributed by atoms with Crippen LogP contribution < -0.4 is 11.3 Å². The van der Waals surface area contributed by atoms with Crippen LogP contribution in [0.2, 0.25) is 10.0 Å². The van der Waals surface area contributed by atoms with Crippen molar-refractivity contribution in [1.82, 2.24) is 24.5 Å². The number of benzene rings is 2. The van der Waals surface area contributed by atoms with Gasteiger partial charge in [0.1, 0.15) is 11.2 Å². The molecule has 170 valence electrons. The van der Waals surface area contributed by atoms with Crippen LogP contribution in [0, 0.1) is 0 Å². The van der Waals surface area contributed by atoms with E-state index in [0.717, 1.165) is 22.1 Å². The van der Waals surface area contributed by atoms with Gasteiger partial charge in [0.15, 0.2) is 0 Å². The van der Waals surface area contributed by atoms with Gasteiger partial charge in [0.25, 0.3) is 5.56 Å². The molecule has 1 unspecified atom stereocenters. The van der Waals surface area contributed by atoms with Crippen molar-refractivity contribution >= 4 is 34.2 Å². The van der Waals surface area contributed by atoms with E-state index in [2.05, 4.69) is 15.3 Å². The van der Waals surface area contributed by atoms with E-state index in [4.69, 9.17) is 28.9 Å².